The van der Waals surface area contributed by atoms with E-state index in [1.54, 1.807) is 6.08 Å². The number of hydrogen-bond donors (Lipinski definition) is 0. The number of ether oxygens (including phenoxy) is 2. The van der Waals surface area contributed by atoms with Crippen LogP contribution in [0.3, 0.4) is 0 Å². The maximum atomic E-state index is 11.4. The number of carbonyl (C=O) groups is 2. The minimum Gasteiger partial charge on any atom is -0.469 e. The Labute approximate surface area is 89.2 Å². The summed E-state index contributed by atoms with van der Waals surface area (Å²) < 4.78 is 9.34. The molecule has 0 amide bonds. The van der Waals surface area contributed by atoms with Crippen molar-refractivity contribution in [2.24, 2.45) is 17.8 Å². The van der Waals surface area contributed by atoms with Crippen LogP contribution < -0.4 is 0 Å². The molecule has 0 aromatic rings. The first kappa shape index (κ1) is 11.8. The molecule has 0 radical (unpaired) electrons. The number of allylic oxidation sites excluding steroid dienone is 1. The van der Waals surface area contributed by atoms with Crippen molar-refractivity contribution >= 4 is 11.9 Å². The third kappa shape index (κ3) is 2.58. The molecule has 0 bridgehead atoms. The van der Waals surface area contributed by atoms with Gasteiger partial charge in [0, 0.05) is 0 Å². The lowest BCUT2D eigenvalue weighted by Gasteiger charge is -2.26. The summed E-state index contributed by atoms with van der Waals surface area (Å²) >= 11 is 0. The van der Waals surface area contributed by atoms with Crippen LogP contribution in [0.15, 0.2) is 12.2 Å². The third-order valence-corrected chi connectivity index (χ3v) is 2.80. The van der Waals surface area contributed by atoms with E-state index in [-0.39, 0.29) is 29.7 Å². The van der Waals surface area contributed by atoms with Gasteiger partial charge in [0.1, 0.15) is 0 Å². The first-order chi connectivity index (χ1) is 7.10. The van der Waals surface area contributed by atoms with E-state index in [9.17, 15) is 9.59 Å². The smallest absolute Gasteiger partial charge is 0.312 e. The van der Waals surface area contributed by atoms with Gasteiger partial charge in [0.15, 0.2) is 0 Å². The van der Waals surface area contributed by atoms with Gasteiger partial charge in [-0.15, -0.1) is 0 Å². The molecule has 4 nitrogen and oxygen atoms in total. The topological polar surface area (TPSA) is 52.6 Å². The molecular weight excluding hydrogens is 196 g/mol. The Morgan fingerprint density at radius 1 is 1.13 bits per heavy atom. The highest BCUT2D eigenvalue weighted by Gasteiger charge is 2.33. The molecule has 0 aliphatic heterocycles. The lowest BCUT2D eigenvalue weighted by atomic mass is 9.80. The van der Waals surface area contributed by atoms with Crippen LogP contribution in [-0.2, 0) is 19.1 Å². The van der Waals surface area contributed by atoms with Gasteiger partial charge in [-0.2, -0.15) is 0 Å². The molecule has 4 heteroatoms. The largest absolute Gasteiger partial charge is 0.469 e. The average molecular weight is 212 g/mol. The monoisotopic (exact) mass is 212 g/mol. The molecule has 0 saturated carbocycles. The average Bonchev–Trinajstić information content (AvgIpc) is 2.27. The molecule has 0 heterocycles. The van der Waals surface area contributed by atoms with Crippen LogP contribution in [0, 0.1) is 17.8 Å². The summed E-state index contributed by atoms with van der Waals surface area (Å²) in [5.41, 5.74) is 0. The molecule has 0 saturated heterocycles. The predicted octanol–water partition coefficient (Wildman–Crippen LogP) is 1.16. The predicted molar refractivity (Wildman–Crippen MR) is 53.9 cm³/mol. The Morgan fingerprint density at radius 3 is 2.27 bits per heavy atom. The van der Waals surface area contributed by atoms with Crippen molar-refractivity contribution in [2.45, 2.75) is 13.3 Å². The van der Waals surface area contributed by atoms with E-state index in [1.165, 1.54) is 14.2 Å². The molecule has 1 rings (SSSR count). The first-order valence-corrected chi connectivity index (χ1v) is 4.94. The lowest BCUT2D eigenvalue weighted by molar-refractivity contribution is -0.150. The molecule has 1 aliphatic carbocycles. The second-order valence-electron chi connectivity index (χ2n) is 3.74. The summed E-state index contributed by atoms with van der Waals surface area (Å²) in [5, 5.41) is 0. The Bertz CT molecular complexity index is 282. The fourth-order valence-electron chi connectivity index (χ4n) is 1.80. The zero-order chi connectivity index (χ0) is 11.4. The van der Waals surface area contributed by atoms with Crippen molar-refractivity contribution in [3.8, 4) is 0 Å². The fourth-order valence-corrected chi connectivity index (χ4v) is 1.80. The second-order valence-corrected chi connectivity index (χ2v) is 3.74. The van der Waals surface area contributed by atoms with Crippen molar-refractivity contribution in [1.82, 2.24) is 0 Å². The maximum absolute atomic E-state index is 11.4. The van der Waals surface area contributed by atoms with Crippen molar-refractivity contribution in [3.63, 3.8) is 0 Å². The summed E-state index contributed by atoms with van der Waals surface area (Å²) in [6, 6.07) is 0. The summed E-state index contributed by atoms with van der Waals surface area (Å²) in [7, 11) is 2.71. The fraction of sp³-hybridized carbons (Fsp3) is 0.636. The summed E-state index contributed by atoms with van der Waals surface area (Å²) in [6.45, 7) is 1.94. The van der Waals surface area contributed by atoms with Gasteiger partial charge in [-0.25, -0.2) is 0 Å². The molecule has 0 aromatic heterocycles. The van der Waals surface area contributed by atoms with E-state index in [1.807, 2.05) is 13.0 Å². The van der Waals surface area contributed by atoms with Gasteiger partial charge in [0.2, 0.25) is 0 Å². The van der Waals surface area contributed by atoms with Gasteiger partial charge < -0.3 is 9.47 Å². The van der Waals surface area contributed by atoms with Crippen LogP contribution in [0.1, 0.15) is 13.3 Å². The Hall–Kier alpha value is -1.32. The zero-order valence-electron chi connectivity index (χ0n) is 9.23. The number of methoxy groups -OCH3 is 2. The van der Waals surface area contributed by atoms with Crippen LogP contribution in [-0.4, -0.2) is 26.2 Å². The van der Waals surface area contributed by atoms with Crippen molar-refractivity contribution in [2.75, 3.05) is 14.2 Å². The normalized spacial score (nSPS) is 29.7. The van der Waals surface area contributed by atoms with Crippen LogP contribution in [0.4, 0.5) is 0 Å². The van der Waals surface area contributed by atoms with Crippen molar-refractivity contribution in [1.29, 1.82) is 0 Å². The third-order valence-electron chi connectivity index (χ3n) is 2.80. The number of esters is 2. The highest BCUT2D eigenvalue weighted by atomic mass is 16.5. The maximum Gasteiger partial charge on any atom is 0.312 e. The number of carbonyl (C=O) groups excluding carboxylic acids is 2. The highest BCUT2D eigenvalue weighted by molar-refractivity contribution is 5.78. The van der Waals surface area contributed by atoms with Gasteiger partial charge >= 0.3 is 11.9 Å². The molecule has 0 spiro atoms. The number of rotatable bonds is 2. The van der Waals surface area contributed by atoms with Gasteiger partial charge in [-0.1, -0.05) is 19.1 Å². The second kappa shape index (κ2) is 4.96. The molecule has 1 aliphatic rings. The summed E-state index contributed by atoms with van der Waals surface area (Å²) in [4.78, 5) is 22.7. The summed E-state index contributed by atoms with van der Waals surface area (Å²) in [5.74, 6) is -1.02. The van der Waals surface area contributed by atoms with E-state index in [4.69, 9.17) is 4.74 Å². The first-order valence-electron chi connectivity index (χ1n) is 4.94. The van der Waals surface area contributed by atoms with E-state index in [2.05, 4.69) is 4.74 Å². The molecule has 84 valence electrons. The Balaban J connectivity index is 2.74. The molecule has 0 N–H and O–H groups in total. The van der Waals surface area contributed by atoms with E-state index >= 15 is 0 Å². The van der Waals surface area contributed by atoms with Crippen LogP contribution >= 0.6 is 0 Å². The van der Waals surface area contributed by atoms with E-state index in [0.717, 1.165) is 0 Å². The molecule has 0 fully saturated rings. The Morgan fingerprint density at radius 2 is 1.73 bits per heavy atom. The van der Waals surface area contributed by atoms with Crippen molar-refractivity contribution in [3.05, 3.63) is 12.2 Å². The van der Waals surface area contributed by atoms with E-state index < -0.39 is 0 Å². The van der Waals surface area contributed by atoms with Crippen LogP contribution in [0.5, 0.6) is 0 Å². The molecular formula is C11H16O4. The molecule has 3 unspecified atom stereocenters. The van der Waals surface area contributed by atoms with Crippen LogP contribution in [0.25, 0.3) is 0 Å². The summed E-state index contributed by atoms with van der Waals surface area (Å²) in [6.07, 6.45) is 4.14. The Kier molecular flexibility index (Phi) is 3.88. The minimum absolute atomic E-state index is 0.110. The quantitative estimate of drug-likeness (QED) is 0.509. The van der Waals surface area contributed by atoms with Gasteiger partial charge in [-0.05, 0) is 12.3 Å². The SMILES string of the molecule is COC(=O)C1C=CC(C)C(C(=O)OC)C1. The van der Waals surface area contributed by atoms with Gasteiger partial charge in [0.05, 0.1) is 26.1 Å². The standard InChI is InChI=1S/C11H16O4/c1-7-4-5-8(10(12)14-2)6-9(7)11(13)15-3/h4-5,7-9H,6H2,1-3H3. The molecule has 3 atom stereocenters. The van der Waals surface area contributed by atoms with Crippen LogP contribution in [0.2, 0.25) is 0 Å². The van der Waals surface area contributed by atoms with Gasteiger partial charge in [-0.3, -0.25) is 9.59 Å². The molecule has 0 aromatic carbocycles. The van der Waals surface area contributed by atoms with Crippen molar-refractivity contribution < 1.29 is 19.1 Å². The molecule has 15 heavy (non-hydrogen) atoms. The minimum atomic E-state index is -0.324. The van der Waals surface area contributed by atoms with Gasteiger partial charge in [0.25, 0.3) is 0 Å². The number of hydrogen-bond acceptors (Lipinski definition) is 4. The zero-order valence-corrected chi connectivity index (χ0v) is 9.23. The van der Waals surface area contributed by atoms with E-state index in [0.29, 0.717) is 6.42 Å². The lowest BCUT2D eigenvalue weighted by Crippen LogP contribution is -2.30. The highest BCUT2D eigenvalue weighted by Crippen LogP contribution is 2.29.